The number of aromatic amines is 1. The van der Waals surface area contributed by atoms with Gasteiger partial charge in [0.2, 0.25) is 5.91 Å². The van der Waals surface area contributed by atoms with Crippen molar-refractivity contribution in [2.45, 2.75) is 38.3 Å². The van der Waals surface area contributed by atoms with E-state index in [0.717, 1.165) is 24.8 Å². The number of fused-ring (bicyclic) bond motifs is 1. The molecule has 0 saturated heterocycles. The highest BCUT2D eigenvalue weighted by atomic mass is 32.1. The van der Waals surface area contributed by atoms with Crippen LogP contribution in [0.3, 0.4) is 0 Å². The lowest BCUT2D eigenvalue weighted by molar-refractivity contribution is -0.121. The zero-order valence-corrected chi connectivity index (χ0v) is 11.8. The van der Waals surface area contributed by atoms with Gasteiger partial charge in [0.25, 0.3) is 0 Å². The fourth-order valence-electron chi connectivity index (χ4n) is 2.28. The quantitative estimate of drug-likeness (QED) is 0.833. The van der Waals surface area contributed by atoms with Crippen LogP contribution in [0, 0.1) is 10.6 Å². The molecule has 3 rings (SSSR count). The van der Waals surface area contributed by atoms with Crippen LogP contribution >= 0.6 is 12.2 Å². The topological polar surface area (TPSA) is 49.8 Å². The first-order valence-electron chi connectivity index (χ1n) is 6.81. The number of H-pyrrole nitrogens is 1. The molecule has 1 heterocycles. The van der Waals surface area contributed by atoms with E-state index in [-0.39, 0.29) is 11.7 Å². The highest BCUT2D eigenvalue weighted by Crippen LogP contribution is 2.19. The van der Waals surface area contributed by atoms with Gasteiger partial charge in [0.1, 0.15) is 5.82 Å². The molecule has 1 amide bonds. The number of imidazole rings is 1. The fourth-order valence-corrected chi connectivity index (χ4v) is 2.58. The summed E-state index contributed by atoms with van der Waals surface area (Å²) < 4.78 is 15.6. The van der Waals surface area contributed by atoms with Crippen molar-refractivity contribution in [1.82, 2.24) is 14.9 Å². The second kappa shape index (κ2) is 5.36. The van der Waals surface area contributed by atoms with E-state index < -0.39 is 0 Å². The summed E-state index contributed by atoms with van der Waals surface area (Å²) in [6.45, 7) is 0.655. The summed E-state index contributed by atoms with van der Waals surface area (Å²) in [5.74, 6) is -0.186. The summed E-state index contributed by atoms with van der Waals surface area (Å²) in [5.41, 5.74) is 1.57. The monoisotopic (exact) mass is 293 g/mol. The number of nitrogens with one attached hydrogen (secondary N) is 2. The van der Waals surface area contributed by atoms with Gasteiger partial charge >= 0.3 is 0 Å². The van der Waals surface area contributed by atoms with Crippen LogP contribution in [-0.4, -0.2) is 21.5 Å². The zero-order chi connectivity index (χ0) is 14.1. The Kier molecular flexibility index (Phi) is 3.56. The summed E-state index contributed by atoms with van der Waals surface area (Å²) in [6, 6.07) is 4.96. The number of benzene rings is 1. The van der Waals surface area contributed by atoms with Gasteiger partial charge in [0, 0.05) is 19.0 Å². The zero-order valence-electron chi connectivity index (χ0n) is 11.0. The van der Waals surface area contributed by atoms with Crippen molar-refractivity contribution in [3.05, 3.63) is 28.8 Å². The third-order valence-corrected chi connectivity index (χ3v) is 3.79. The summed E-state index contributed by atoms with van der Waals surface area (Å²) in [5, 5.41) is 2.96. The average molecular weight is 293 g/mol. The normalized spacial score (nSPS) is 14.7. The van der Waals surface area contributed by atoms with Gasteiger partial charge in [-0.25, -0.2) is 4.39 Å². The minimum absolute atomic E-state index is 0.102. The molecule has 0 spiro atoms. The van der Waals surface area contributed by atoms with Crippen molar-refractivity contribution in [3.63, 3.8) is 0 Å². The highest BCUT2D eigenvalue weighted by Gasteiger charge is 2.22. The molecule has 1 aromatic heterocycles. The Labute approximate surface area is 121 Å². The fraction of sp³-hybridized carbons (Fsp3) is 0.429. The van der Waals surface area contributed by atoms with E-state index in [1.54, 1.807) is 6.07 Å². The third-order valence-electron chi connectivity index (χ3n) is 3.46. The maximum atomic E-state index is 13.1. The van der Waals surface area contributed by atoms with Crippen LogP contribution in [0.25, 0.3) is 11.0 Å². The number of hydrogen-bond donors (Lipinski definition) is 2. The van der Waals surface area contributed by atoms with Crippen molar-refractivity contribution in [1.29, 1.82) is 0 Å². The Bertz CT molecular complexity index is 702. The van der Waals surface area contributed by atoms with Gasteiger partial charge in [-0.2, -0.15) is 0 Å². The van der Waals surface area contributed by atoms with Crippen LogP contribution in [0.15, 0.2) is 18.2 Å². The molecular formula is C14H16FN3OS. The van der Waals surface area contributed by atoms with Crippen LogP contribution in [0.4, 0.5) is 4.39 Å². The smallest absolute Gasteiger partial charge is 0.220 e. The first kappa shape index (κ1) is 13.3. The number of nitrogens with zero attached hydrogens (tertiary/aromatic N) is 1. The SMILES string of the molecule is O=C(CCCn1c(=S)[nH]c2cc(F)ccc21)NC1CC1. The van der Waals surface area contributed by atoms with E-state index in [9.17, 15) is 9.18 Å². The van der Waals surface area contributed by atoms with Gasteiger partial charge < -0.3 is 14.9 Å². The van der Waals surface area contributed by atoms with Gasteiger partial charge in [-0.3, -0.25) is 4.79 Å². The average Bonchev–Trinajstić information content (AvgIpc) is 3.14. The largest absolute Gasteiger partial charge is 0.353 e. The Morgan fingerprint density at radius 3 is 3.05 bits per heavy atom. The molecule has 4 nitrogen and oxygen atoms in total. The number of aryl methyl sites for hydroxylation is 1. The van der Waals surface area contributed by atoms with Gasteiger partial charge in [-0.05, 0) is 49.7 Å². The lowest BCUT2D eigenvalue weighted by Gasteiger charge is -2.05. The van der Waals surface area contributed by atoms with E-state index in [2.05, 4.69) is 10.3 Å². The Morgan fingerprint density at radius 2 is 2.30 bits per heavy atom. The lowest BCUT2D eigenvalue weighted by atomic mass is 10.2. The predicted molar refractivity (Wildman–Crippen MR) is 77.5 cm³/mol. The second-order valence-corrected chi connectivity index (χ2v) is 5.58. The predicted octanol–water partition coefficient (Wildman–Crippen LogP) is 2.90. The van der Waals surface area contributed by atoms with Crippen molar-refractivity contribution in [2.24, 2.45) is 0 Å². The molecule has 6 heteroatoms. The summed E-state index contributed by atoms with van der Waals surface area (Å²) in [7, 11) is 0. The van der Waals surface area contributed by atoms with Crippen LogP contribution < -0.4 is 5.32 Å². The first-order chi connectivity index (χ1) is 9.63. The Balaban J connectivity index is 1.66. The van der Waals surface area contributed by atoms with Crippen molar-refractivity contribution in [3.8, 4) is 0 Å². The molecule has 20 heavy (non-hydrogen) atoms. The molecule has 0 aliphatic heterocycles. The Morgan fingerprint density at radius 1 is 1.50 bits per heavy atom. The van der Waals surface area contributed by atoms with E-state index in [1.807, 2.05) is 4.57 Å². The van der Waals surface area contributed by atoms with Crippen LogP contribution in [0.5, 0.6) is 0 Å². The molecule has 106 valence electrons. The van der Waals surface area contributed by atoms with Crippen molar-refractivity contribution < 1.29 is 9.18 Å². The van der Waals surface area contributed by atoms with Gasteiger partial charge in [-0.15, -0.1) is 0 Å². The number of amides is 1. The maximum absolute atomic E-state index is 13.1. The van der Waals surface area contributed by atoms with E-state index in [1.165, 1.54) is 12.1 Å². The minimum atomic E-state index is -0.287. The second-order valence-electron chi connectivity index (χ2n) is 5.19. The van der Waals surface area contributed by atoms with Crippen LogP contribution in [0.2, 0.25) is 0 Å². The third kappa shape index (κ3) is 2.90. The van der Waals surface area contributed by atoms with Gasteiger partial charge in [0.05, 0.1) is 11.0 Å². The molecule has 0 atom stereocenters. The number of rotatable bonds is 5. The molecule has 1 aromatic carbocycles. The first-order valence-corrected chi connectivity index (χ1v) is 7.22. The molecule has 0 bridgehead atoms. The minimum Gasteiger partial charge on any atom is -0.353 e. The molecule has 1 saturated carbocycles. The van der Waals surface area contributed by atoms with E-state index in [4.69, 9.17) is 12.2 Å². The molecule has 1 fully saturated rings. The highest BCUT2D eigenvalue weighted by molar-refractivity contribution is 7.71. The molecule has 0 radical (unpaired) electrons. The standard InChI is InChI=1S/C14H16FN3OS/c15-9-3-6-12-11(8-9)17-14(20)18(12)7-1-2-13(19)16-10-4-5-10/h3,6,8,10H,1-2,4-5,7H2,(H,16,19)(H,17,20). The molecule has 2 aromatic rings. The summed E-state index contributed by atoms with van der Waals surface area (Å²) in [6.07, 6.45) is 3.42. The van der Waals surface area contributed by atoms with Gasteiger partial charge in [-0.1, -0.05) is 0 Å². The molecule has 1 aliphatic carbocycles. The number of carbonyl (C=O) groups excluding carboxylic acids is 1. The van der Waals surface area contributed by atoms with E-state index in [0.29, 0.717) is 29.3 Å². The lowest BCUT2D eigenvalue weighted by Crippen LogP contribution is -2.25. The number of hydrogen-bond acceptors (Lipinski definition) is 2. The number of carbonyl (C=O) groups is 1. The van der Waals surface area contributed by atoms with E-state index >= 15 is 0 Å². The molecular weight excluding hydrogens is 277 g/mol. The van der Waals surface area contributed by atoms with Gasteiger partial charge in [0.15, 0.2) is 4.77 Å². The number of halogens is 1. The van der Waals surface area contributed by atoms with Crippen LogP contribution in [0.1, 0.15) is 25.7 Å². The molecule has 0 unspecified atom stereocenters. The molecule has 2 N–H and O–H groups in total. The van der Waals surface area contributed by atoms with Crippen molar-refractivity contribution >= 4 is 29.2 Å². The molecule has 1 aliphatic rings. The van der Waals surface area contributed by atoms with Crippen molar-refractivity contribution in [2.75, 3.05) is 0 Å². The Hall–Kier alpha value is -1.69. The summed E-state index contributed by atoms with van der Waals surface area (Å²) in [4.78, 5) is 14.6. The number of aromatic nitrogens is 2. The summed E-state index contributed by atoms with van der Waals surface area (Å²) >= 11 is 5.24. The maximum Gasteiger partial charge on any atom is 0.220 e. The van der Waals surface area contributed by atoms with Crippen LogP contribution in [-0.2, 0) is 11.3 Å².